The molecular weight excluding hydrogens is 548 g/mol. The third-order valence-corrected chi connectivity index (χ3v) is 11.5. The molecule has 0 spiro atoms. The van der Waals surface area contributed by atoms with Gasteiger partial charge in [0.05, 0.1) is 18.6 Å². The summed E-state index contributed by atoms with van der Waals surface area (Å²) in [6.07, 6.45) is 3.82. The molecule has 8 nitrogen and oxygen atoms in total. The van der Waals surface area contributed by atoms with Crippen LogP contribution in [0.4, 0.5) is 5.69 Å². The van der Waals surface area contributed by atoms with Gasteiger partial charge in [-0.3, -0.25) is 9.59 Å². The van der Waals surface area contributed by atoms with Crippen molar-refractivity contribution in [1.82, 2.24) is 5.48 Å². The fourth-order valence-electron chi connectivity index (χ4n) is 5.32. The Bertz CT molecular complexity index is 1430. The van der Waals surface area contributed by atoms with Crippen LogP contribution in [0.3, 0.4) is 0 Å². The maximum Gasteiger partial charge on any atom is 0.245 e. The molecule has 2 atom stereocenters. The van der Waals surface area contributed by atoms with Crippen LogP contribution in [0.5, 0.6) is 0 Å². The van der Waals surface area contributed by atoms with Gasteiger partial charge in [0.2, 0.25) is 11.8 Å². The summed E-state index contributed by atoms with van der Waals surface area (Å²) < 4.78 is 31.3. The van der Waals surface area contributed by atoms with Gasteiger partial charge in [0.25, 0.3) is 0 Å². The molecule has 1 unspecified atom stereocenters. The largest absolute Gasteiger partial charge is 0.350 e. The highest BCUT2D eigenvalue weighted by atomic mass is 32.2. The molecule has 10 heteroatoms. The predicted molar refractivity (Wildman–Crippen MR) is 155 cm³/mol. The highest BCUT2D eigenvalue weighted by molar-refractivity contribution is 7.92. The van der Waals surface area contributed by atoms with E-state index < -0.39 is 26.8 Å². The third kappa shape index (κ3) is 6.63. The number of carbonyl (C=O) groups excluding carboxylic acids is 2. The maximum absolute atomic E-state index is 13.5. The van der Waals surface area contributed by atoms with Gasteiger partial charge < -0.3 is 10.1 Å². The van der Waals surface area contributed by atoms with Crippen molar-refractivity contribution in [1.29, 1.82) is 0 Å². The molecule has 2 aliphatic rings. The Morgan fingerprint density at radius 2 is 1.82 bits per heavy atom. The number of rotatable bonds is 9. The van der Waals surface area contributed by atoms with E-state index in [2.05, 4.69) is 10.8 Å². The number of thiophene rings is 1. The van der Waals surface area contributed by atoms with Crippen molar-refractivity contribution in [2.75, 3.05) is 17.7 Å². The number of hydroxylamine groups is 1. The fourth-order valence-corrected chi connectivity index (χ4v) is 9.10. The summed E-state index contributed by atoms with van der Waals surface area (Å²) in [6, 6.07) is 20.7. The number of amides is 2. The van der Waals surface area contributed by atoms with Crippen LogP contribution in [0.15, 0.2) is 66.7 Å². The predicted octanol–water partition coefficient (Wildman–Crippen LogP) is 5.35. The average Bonchev–Trinajstić information content (AvgIpc) is 3.45. The molecule has 3 aromatic rings. The summed E-state index contributed by atoms with van der Waals surface area (Å²) in [6.45, 7) is 0.578. The Morgan fingerprint density at radius 3 is 2.60 bits per heavy atom. The van der Waals surface area contributed by atoms with Gasteiger partial charge in [-0.1, -0.05) is 48.9 Å². The summed E-state index contributed by atoms with van der Waals surface area (Å²) in [4.78, 5) is 32.5. The second kappa shape index (κ2) is 12.6. The molecule has 1 aromatic heterocycles. The number of sulfone groups is 1. The van der Waals surface area contributed by atoms with Gasteiger partial charge in [0, 0.05) is 28.5 Å². The van der Waals surface area contributed by atoms with Gasteiger partial charge in [-0.15, -0.1) is 11.3 Å². The molecule has 2 aliphatic heterocycles. The molecule has 2 amide bonds. The molecule has 0 radical (unpaired) electrons. The lowest BCUT2D eigenvalue weighted by atomic mass is 9.94. The zero-order chi connectivity index (χ0) is 28.0. The minimum absolute atomic E-state index is 0.0447. The normalized spacial score (nSPS) is 22.4. The number of nitrogens with one attached hydrogen (secondary N) is 2. The van der Waals surface area contributed by atoms with E-state index in [4.69, 9.17) is 9.57 Å². The maximum atomic E-state index is 13.5. The van der Waals surface area contributed by atoms with Gasteiger partial charge in [-0.2, -0.15) is 0 Å². The lowest BCUT2D eigenvalue weighted by Gasteiger charge is -2.35. The zero-order valence-corrected chi connectivity index (χ0v) is 23.9. The van der Waals surface area contributed by atoms with E-state index in [1.807, 2.05) is 66.7 Å². The van der Waals surface area contributed by atoms with Crippen molar-refractivity contribution in [3.05, 3.63) is 77.2 Å². The standard InChI is InChI=1S/C30H34N2O6S2/c33-27(19-22-9-2-1-3-10-22)31-24-12-8-11-23(20-24)25-14-15-26(39-25)30(16-5-7-18-40(30,35)36)21-28(34)32-38-29-13-4-6-17-37-29/h1-3,8-12,14-15,20,29H,4-7,13,16-19,21H2,(H,31,33)(H,32,34)/t29?,30-/m0/s1. The van der Waals surface area contributed by atoms with Crippen LogP contribution in [-0.2, 0) is 40.2 Å². The van der Waals surface area contributed by atoms with Crippen LogP contribution in [0.2, 0.25) is 0 Å². The Morgan fingerprint density at radius 1 is 0.975 bits per heavy atom. The van der Waals surface area contributed by atoms with Crippen molar-refractivity contribution >= 4 is 38.7 Å². The fraction of sp³-hybridized carbons (Fsp3) is 0.400. The number of anilines is 1. The average molecular weight is 583 g/mol. The van der Waals surface area contributed by atoms with Gasteiger partial charge in [-0.25, -0.2) is 18.7 Å². The van der Waals surface area contributed by atoms with Gasteiger partial charge >= 0.3 is 0 Å². The molecule has 40 heavy (non-hydrogen) atoms. The molecule has 2 fully saturated rings. The molecule has 0 saturated carbocycles. The van der Waals surface area contributed by atoms with Crippen LogP contribution in [0, 0.1) is 0 Å². The molecule has 212 valence electrons. The number of ether oxygens (including phenoxy) is 1. The van der Waals surface area contributed by atoms with Gasteiger partial charge in [0.15, 0.2) is 16.1 Å². The topological polar surface area (TPSA) is 111 Å². The molecule has 3 heterocycles. The first kappa shape index (κ1) is 28.5. The summed E-state index contributed by atoms with van der Waals surface area (Å²) in [5.74, 6) is -0.546. The monoisotopic (exact) mass is 582 g/mol. The first-order valence-corrected chi connectivity index (χ1v) is 16.1. The van der Waals surface area contributed by atoms with Crippen LogP contribution >= 0.6 is 11.3 Å². The van der Waals surface area contributed by atoms with Crippen molar-refractivity contribution < 1.29 is 27.6 Å². The molecule has 2 aromatic carbocycles. The third-order valence-electron chi connectivity index (χ3n) is 7.42. The van der Waals surface area contributed by atoms with E-state index in [1.165, 1.54) is 11.3 Å². The lowest BCUT2D eigenvalue weighted by molar-refractivity contribution is -0.200. The summed E-state index contributed by atoms with van der Waals surface area (Å²) >= 11 is 1.37. The Balaban J connectivity index is 1.33. The molecule has 2 saturated heterocycles. The number of hydrogen-bond acceptors (Lipinski definition) is 7. The Kier molecular flexibility index (Phi) is 9.00. The quantitative estimate of drug-likeness (QED) is 0.329. The molecular formula is C30H34N2O6S2. The van der Waals surface area contributed by atoms with E-state index in [9.17, 15) is 18.0 Å². The highest BCUT2D eigenvalue weighted by Gasteiger charge is 2.49. The SMILES string of the molecule is O=C(C[C@]1(c2ccc(-c3cccc(NC(=O)Cc4ccccc4)c3)s2)CCCCS1(=O)=O)NOC1CCCCO1. The van der Waals surface area contributed by atoms with E-state index in [1.54, 1.807) is 0 Å². The number of hydrogen-bond donors (Lipinski definition) is 2. The smallest absolute Gasteiger partial charge is 0.245 e. The second-order valence-electron chi connectivity index (χ2n) is 10.3. The van der Waals surface area contributed by atoms with E-state index in [0.717, 1.165) is 35.3 Å². The van der Waals surface area contributed by atoms with E-state index in [0.29, 0.717) is 36.4 Å². The lowest BCUT2D eigenvalue weighted by Crippen LogP contribution is -2.45. The van der Waals surface area contributed by atoms with E-state index >= 15 is 0 Å². The molecule has 2 N–H and O–H groups in total. The van der Waals surface area contributed by atoms with Crippen LogP contribution < -0.4 is 10.8 Å². The first-order chi connectivity index (χ1) is 19.3. The molecule has 0 bridgehead atoms. The van der Waals surface area contributed by atoms with Crippen molar-refractivity contribution in [2.24, 2.45) is 0 Å². The summed E-state index contributed by atoms with van der Waals surface area (Å²) in [5.41, 5.74) is 4.90. The van der Waals surface area contributed by atoms with Crippen LogP contribution in [-0.4, -0.2) is 38.9 Å². The first-order valence-electron chi connectivity index (χ1n) is 13.7. The minimum Gasteiger partial charge on any atom is -0.350 e. The summed E-state index contributed by atoms with van der Waals surface area (Å²) in [7, 11) is -3.59. The zero-order valence-electron chi connectivity index (χ0n) is 22.3. The van der Waals surface area contributed by atoms with Gasteiger partial charge in [-0.05, 0) is 61.1 Å². The number of carbonyl (C=O) groups is 2. The van der Waals surface area contributed by atoms with Gasteiger partial charge in [0.1, 0.15) is 4.75 Å². The Labute approximate surface area is 239 Å². The van der Waals surface area contributed by atoms with Crippen LogP contribution in [0.1, 0.15) is 55.4 Å². The van der Waals surface area contributed by atoms with Crippen LogP contribution in [0.25, 0.3) is 10.4 Å². The van der Waals surface area contributed by atoms with Crippen molar-refractivity contribution in [2.45, 2.75) is 62.4 Å². The molecule has 5 rings (SSSR count). The second-order valence-corrected chi connectivity index (χ2v) is 13.8. The highest BCUT2D eigenvalue weighted by Crippen LogP contribution is 2.47. The summed E-state index contributed by atoms with van der Waals surface area (Å²) in [5, 5.41) is 2.95. The number of benzene rings is 2. The molecule has 0 aliphatic carbocycles. The van der Waals surface area contributed by atoms with Crippen molar-refractivity contribution in [3.8, 4) is 10.4 Å². The van der Waals surface area contributed by atoms with Crippen molar-refractivity contribution in [3.63, 3.8) is 0 Å². The minimum atomic E-state index is -3.59. The Hall–Kier alpha value is -3.05. The van der Waals surface area contributed by atoms with E-state index in [-0.39, 0.29) is 24.5 Å².